The number of imidazole rings is 1. The molecule has 0 bridgehead atoms. The molecule has 0 aliphatic rings. The second-order valence-electron chi connectivity index (χ2n) is 3.48. The lowest BCUT2D eigenvalue weighted by molar-refractivity contribution is 0.0977. The second kappa shape index (κ2) is 4.94. The molecule has 0 fully saturated rings. The molecular formula is C12H11ClN2O. The van der Waals surface area contributed by atoms with Crippen LogP contribution in [0.4, 0.5) is 0 Å². The molecule has 0 radical (unpaired) electrons. The molecule has 0 saturated carbocycles. The van der Waals surface area contributed by atoms with Crippen molar-refractivity contribution in [3.8, 4) is 0 Å². The minimum atomic E-state index is 0.116. The van der Waals surface area contributed by atoms with Crippen molar-refractivity contribution in [2.24, 2.45) is 0 Å². The van der Waals surface area contributed by atoms with Gasteiger partial charge in [0, 0.05) is 35.9 Å². The molecule has 1 aromatic carbocycles. The van der Waals surface area contributed by atoms with Gasteiger partial charge in [-0.05, 0) is 24.3 Å². The SMILES string of the molecule is O=C(CCn1ccnc1)c1ccc(Cl)cc1. The number of rotatable bonds is 4. The van der Waals surface area contributed by atoms with E-state index in [4.69, 9.17) is 11.6 Å². The van der Waals surface area contributed by atoms with Gasteiger partial charge in [-0.25, -0.2) is 4.98 Å². The molecule has 0 unspecified atom stereocenters. The van der Waals surface area contributed by atoms with Crippen LogP contribution in [0.25, 0.3) is 0 Å². The summed E-state index contributed by atoms with van der Waals surface area (Å²) in [6.45, 7) is 0.654. The number of aromatic nitrogens is 2. The summed E-state index contributed by atoms with van der Waals surface area (Å²) < 4.78 is 1.88. The summed E-state index contributed by atoms with van der Waals surface area (Å²) in [6, 6.07) is 6.95. The molecule has 16 heavy (non-hydrogen) atoms. The molecule has 0 aliphatic carbocycles. The Morgan fingerprint density at radius 3 is 2.69 bits per heavy atom. The van der Waals surface area contributed by atoms with Crippen LogP contribution in [-0.4, -0.2) is 15.3 Å². The highest BCUT2D eigenvalue weighted by atomic mass is 35.5. The molecule has 82 valence electrons. The zero-order valence-corrected chi connectivity index (χ0v) is 9.39. The van der Waals surface area contributed by atoms with Crippen molar-refractivity contribution in [3.63, 3.8) is 0 Å². The number of carbonyl (C=O) groups is 1. The highest BCUT2D eigenvalue weighted by Gasteiger charge is 2.05. The van der Waals surface area contributed by atoms with Crippen LogP contribution in [0.3, 0.4) is 0 Å². The Hall–Kier alpha value is -1.61. The maximum atomic E-state index is 11.8. The highest BCUT2D eigenvalue weighted by molar-refractivity contribution is 6.30. The molecular weight excluding hydrogens is 224 g/mol. The van der Waals surface area contributed by atoms with Crippen molar-refractivity contribution >= 4 is 17.4 Å². The molecule has 0 spiro atoms. The molecule has 0 saturated heterocycles. The number of aryl methyl sites for hydroxylation is 1. The van der Waals surface area contributed by atoms with Crippen molar-refractivity contribution in [1.82, 2.24) is 9.55 Å². The van der Waals surface area contributed by atoms with Gasteiger partial charge in [0.2, 0.25) is 0 Å². The Balaban J connectivity index is 1.95. The largest absolute Gasteiger partial charge is 0.337 e. The van der Waals surface area contributed by atoms with Crippen molar-refractivity contribution in [2.75, 3.05) is 0 Å². The predicted molar refractivity (Wildman–Crippen MR) is 62.6 cm³/mol. The Morgan fingerprint density at radius 2 is 2.06 bits per heavy atom. The number of benzene rings is 1. The predicted octanol–water partition coefficient (Wildman–Crippen LogP) is 2.81. The van der Waals surface area contributed by atoms with Crippen molar-refractivity contribution in [2.45, 2.75) is 13.0 Å². The lowest BCUT2D eigenvalue weighted by atomic mass is 10.1. The van der Waals surface area contributed by atoms with Crippen LogP contribution in [0.1, 0.15) is 16.8 Å². The number of halogens is 1. The van der Waals surface area contributed by atoms with Crippen LogP contribution in [-0.2, 0) is 6.54 Å². The van der Waals surface area contributed by atoms with Gasteiger partial charge in [-0.1, -0.05) is 11.6 Å². The molecule has 3 nitrogen and oxygen atoms in total. The van der Waals surface area contributed by atoms with Crippen molar-refractivity contribution in [3.05, 3.63) is 53.6 Å². The number of carbonyl (C=O) groups excluding carboxylic acids is 1. The van der Waals surface area contributed by atoms with Gasteiger partial charge in [-0.3, -0.25) is 4.79 Å². The maximum Gasteiger partial charge on any atom is 0.164 e. The molecule has 4 heteroatoms. The zero-order valence-electron chi connectivity index (χ0n) is 8.64. The van der Waals surface area contributed by atoms with Gasteiger partial charge >= 0.3 is 0 Å². The van der Waals surface area contributed by atoms with Gasteiger partial charge < -0.3 is 4.57 Å². The number of ketones is 1. The number of Topliss-reactive ketones (excluding diaryl/α,β-unsaturated/α-hetero) is 1. The molecule has 0 amide bonds. The normalized spacial score (nSPS) is 10.3. The van der Waals surface area contributed by atoms with Crippen LogP contribution in [0.5, 0.6) is 0 Å². The minimum Gasteiger partial charge on any atom is -0.337 e. The number of hydrogen-bond acceptors (Lipinski definition) is 2. The first-order valence-electron chi connectivity index (χ1n) is 5.00. The molecule has 0 atom stereocenters. The highest BCUT2D eigenvalue weighted by Crippen LogP contribution is 2.11. The smallest absolute Gasteiger partial charge is 0.164 e. The van der Waals surface area contributed by atoms with E-state index in [-0.39, 0.29) is 5.78 Å². The maximum absolute atomic E-state index is 11.8. The first-order chi connectivity index (χ1) is 7.75. The summed E-state index contributed by atoms with van der Waals surface area (Å²) >= 11 is 5.75. The fourth-order valence-corrected chi connectivity index (χ4v) is 1.56. The summed E-state index contributed by atoms with van der Waals surface area (Å²) in [5.74, 6) is 0.116. The van der Waals surface area contributed by atoms with Crippen LogP contribution in [0, 0.1) is 0 Å². The summed E-state index contributed by atoms with van der Waals surface area (Å²) in [5.41, 5.74) is 0.699. The molecule has 1 heterocycles. The van der Waals surface area contributed by atoms with Gasteiger partial charge in [0.05, 0.1) is 6.33 Å². The third kappa shape index (κ3) is 2.70. The standard InChI is InChI=1S/C12H11ClN2O/c13-11-3-1-10(2-4-11)12(16)5-7-15-8-6-14-9-15/h1-4,6,8-9H,5,7H2. The minimum absolute atomic E-state index is 0.116. The monoisotopic (exact) mass is 234 g/mol. The van der Waals surface area contributed by atoms with Gasteiger partial charge in [-0.15, -0.1) is 0 Å². The van der Waals surface area contributed by atoms with Crippen molar-refractivity contribution < 1.29 is 4.79 Å². The van der Waals surface area contributed by atoms with Gasteiger partial charge in [-0.2, -0.15) is 0 Å². The Labute approximate surface area is 98.7 Å². The third-order valence-electron chi connectivity index (χ3n) is 2.32. The van der Waals surface area contributed by atoms with Crippen LogP contribution >= 0.6 is 11.6 Å². The number of hydrogen-bond donors (Lipinski definition) is 0. The first kappa shape index (κ1) is 10.9. The lowest BCUT2D eigenvalue weighted by Gasteiger charge is -2.02. The Bertz CT molecular complexity index is 462. The Morgan fingerprint density at radius 1 is 1.31 bits per heavy atom. The molecule has 0 N–H and O–H groups in total. The van der Waals surface area contributed by atoms with E-state index in [1.807, 2.05) is 10.8 Å². The average Bonchev–Trinajstić information content (AvgIpc) is 2.80. The first-order valence-corrected chi connectivity index (χ1v) is 5.38. The quantitative estimate of drug-likeness (QED) is 0.763. The molecule has 2 rings (SSSR count). The fraction of sp³-hybridized carbons (Fsp3) is 0.167. The van der Waals surface area contributed by atoms with E-state index < -0.39 is 0 Å². The Kier molecular flexibility index (Phi) is 3.37. The third-order valence-corrected chi connectivity index (χ3v) is 2.57. The van der Waals surface area contributed by atoms with E-state index >= 15 is 0 Å². The fourth-order valence-electron chi connectivity index (χ4n) is 1.43. The van der Waals surface area contributed by atoms with Crippen LogP contribution in [0.2, 0.25) is 5.02 Å². The summed E-state index contributed by atoms with van der Waals surface area (Å²) in [7, 11) is 0. The van der Waals surface area contributed by atoms with E-state index in [2.05, 4.69) is 4.98 Å². The summed E-state index contributed by atoms with van der Waals surface area (Å²) in [5, 5.41) is 0.645. The van der Waals surface area contributed by atoms with Crippen molar-refractivity contribution in [1.29, 1.82) is 0 Å². The van der Waals surface area contributed by atoms with E-state index in [1.54, 1.807) is 36.8 Å². The molecule has 0 aliphatic heterocycles. The summed E-state index contributed by atoms with van der Waals surface area (Å²) in [4.78, 5) is 15.7. The second-order valence-corrected chi connectivity index (χ2v) is 3.92. The van der Waals surface area contributed by atoms with E-state index in [1.165, 1.54) is 0 Å². The average molecular weight is 235 g/mol. The van der Waals surface area contributed by atoms with E-state index in [0.29, 0.717) is 23.6 Å². The van der Waals surface area contributed by atoms with Crippen LogP contribution < -0.4 is 0 Å². The topological polar surface area (TPSA) is 34.9 Å². The van der Waals surface area contributed by atoms with Gasteiger partial charge in [0.1, 0.15) is 0 Å². The van der Waals surface area contributed by atoms with Gasteiger partial charge in [0.25, 0.3) is 0 Å². The van der Waals surface area contributed by atoms with Gasteiger partial charge in [0.15, 0.2) is 5.78 Å². The lowest BCUT2D eigenvalue weighted by Crippen LogP contribution is -2.04. The zero-order chi connectivity index (χ0) is 11.4. The number of nitrogens with zero attached hydrogens (tertiary/aromatic N) is 2. The molecule has 1 aromatic heterocycles. The van der Waals surface area contributed by atoms with E-state index in [9.17, 15) is 4.79 Å². The van der Waals surface area contributed by atoms with Crippen LogP contribution in [0.15, 0.2) is 43.0 Å². The van der Waals surface area contributed by atoms with E-state index in [0.717, 1.165) is 0 Å². The summed E-state index contributed by atoms with van der Waals surface area (Å²) in [6.07, 6.45) is 5.72. The molecule has 2 aromatic rings.